The summed E-state index contributed by atoms with van der Waals surface area (Å²) in [5.74, 6) is 0. The molecule has 1 fully saturated rings. The molecule has 0 atom stereocenters. The van der Waals surface area contributed by atoms with Gasteiger partial charge in [-0.15, -0.1) is 0 Å². The summed E-state index contributed by atoms with van der Waals surface area (Å²) in [6, 6.07) is 10.6. The van der Waals surface area contributed by atoms with Crippen LogP contribution in [0.15, 0.2) is 30.3 Å². The summed E-state index contributed by atoms with van der Waals surface area (Å²) in [7, 11) is 0. The van der Waals surface area contributed by atoms with Gasteiger partial charge in [0.25, 0.3) is 0 Å². The van der Waals surface area contributed by atoms with Gasteiger partial charge in [0, 0.05) is 5.41 Å². The first kappa shape index (κ1) is 10.7. The van der Waals surface area contributed by atoms with E-state index >= 15 is 0 Å². The van der Waals surface area contributed by atoms with Crippen molar-refractivity contribution < 1.29 is 4.74 Å². The molecule has 0 aliphatic carbocycles. The Morgan fingerprint density at radius 2 is 1.87 bits per heavy atom. The van der Waals surface area contributed by atoms with E-state index in [1.807, 2.05) is 6.07 Å². The van der Waals surface area contributed by atoms with E-state index in [4.69, 9.17) is 10.5 Å². The molecule has 1 saturated heterocycles. The number of nitrogens with two attached hydrogens (primary N) is 1. The molecule has 1 aromatic carbocycles. The summed E-state index contributed by atoms with van der Waals surface area (Å²) < 4.78 is 5.43. The summed E-state index contributed by atoms with van der Waals surface area (Å²) in [6.07, 6.45) is 0. The average Bonchev–Trinajstić information content (AvgIpc) is 2.17. The fourth-order valence-corrected chi connectivity index (χ4v) is 2.21. The first-order chi connectivity index (χ1) is 7.12. The largest absolute Gasteiger partial charge is 0.379 e. The van der Waals surface area contributed by atoms with Gasteiger partial charge in [0.1, 0.15) is 0 Å². The lowest BCUT2D eigenvalue weighted by molar-refractivity contribution is -0.116. The Morgan fingerprint density at radius 1 is 1.27 bits per heavy atom. The Labute approximate surface area is 91.4 Å². The van der Waals surface area contributed by atoms with Crippen LogP contribution in [0, 0.1) is 5.41 Å². The maximum absolute atomic E-state index is 5.88. The minimum atomic E-state index is 0.0899. The molecule has 2 rings (SSSR count). The third-order valence-electron chi connectivity index (χ3n) is 3.83. The van der Waals surface area contributed by atoms with Gasteiger partial charge in [-0.05, 0) is 17.5 Å². The lowest BCUT2D eigenvalue weighted by Crippen LogP contribution is -2.59. The molecule has 82 valence electrons. The highest BCUT2D eigenvalue weighted by Gasteiger charge is 2.51. The van der Waals surface area contributed by atoms with Crippen molar-refractivity contribution in [3.05, 3.63) is 35.9 Å². The van der Waals surface area contributed by atoms with E-state index in [1.165, 1.54) is 5.56 Å². The van der Waals surface area contributed by atoms with E-state index in [0.29, 0.717) is 6.54 Å². The Hall–Kier alpha value is -0.860. The van der Waals surface area contributed by atoms with Gasteiger partial charge in [0.2, 0.25) is 0 Å². The lowest BCUT2D eigenvalue weighted by atomic mass is 9.60. The Balaban J connectivity index is 2.39. The first-order valence-electron chi connectivity index (χ1n) is 5.46. The monoisotopic (exact) mass is 205 g/mol. The van der Waals surface area contributed by atoms with Gasteiger partial charge < -0.3 is 10.5 Å². The molecule has 0 aromatic heterocycles. The molecule has 1 heterocycles. The van der Waals surface area contributed by atoms with Crippen molar-refractivity contribution >= 4 is 0 Å². The molecule has 15 heavy (non-hydrogen) atoms. The van der Waals surface area contributed by atoms with Gasteiger partial charge in [-0.1, -0.05) is 44.2 Å². The number of ether oxygens (including phenoxy) is 1. The fraction of sp³-hybridized carbons (Fsp3) is 0.538. The van der Waals surface area contributed by atoms with Gasteiger partial charge in [-0.3, -0.25) is 0 Å². The summed E-state index contributed by atoms with van der Waals surface area (Å²) in [5.41, 5.74) is 7.44. The van der Waals surface area contributed by atoms with Crippen LogP contribution in [0.25, 0.3) is 0 Å². The zero-order valence-corrected chi connectivity index (χ0v) is 9.49. The van der Waals surface area contributed by atoms with Crippen LogP contribution in [0.1, 0.15) is 19.4 Å². The molecular weight excluding hydrogens is 186 g/mol. The second-order valence-corrected chi connectivity index (χ2v) is 5.03. The second-order valence-electron chi connectivity index (χ2n) is 5.03. The zero-order chi connectivity index (χ0) is 10.9. The van der Waals surface area contributed by atoms with E-state index in [1.54, 1.807) is 0 Å². The van der Waals surface area contributed by atoms with E-state index in [2.05, 4.69) is 38.1 Å². The Kier molecular flexibility index (Phi) is 2.57. The maximum atomic E-state index is 5.88. The lowest BCUT2D eigenvalue weighted by Gasteiger charge is -2.52. The summed E-state index contributed by atoms with van der Waals surface area (Å²) >= 11 is 0. The molecule has 0 bridgehead atoms. The molecule has 0 saturated carbocycles. The van der Waals surface area contributed by atoms with Gasteiger partial charge in [0.05, 0.1) is 13.2 Å². The molecule has 2 N–H and O–H groups in total. The van der Waals surface area contributed by atoms with Crippen LogP contribution in [0.4, 0.5) is 0 Å². The number of rotatable bonds is 3. The second kappa shape index (κ2) is 3.62. The number of benzene rings is 1. The third-order valence-corrected chi connectivity index (χ3v) is 3.83. The highest BCUT2D eigenvalue weighted by Crippen LogP contribution is 2.46. The van der Waals surface area contributed by atoms with Crippen LogP contribution in [0.3, 0.4) is 0 Å². The molecule has 2 nitrogen and oxygen atoms in total. The smallest absolute Gasteiger partial charge is 0.0591 e. The van der Waals surface area contributed by atoms with Crippen molar-refractivity contribution in [3.63, 3.8) is 0 Å². The van der Waals surface area contributed by atoms with Gasteiger partial charge in [0.15, 0.2) is 0 Å². The predicted molar refractivity (Wildman–Crippen MR) is 61.8 cm³/mol. The number of hydrogen-bond donors (Lipinski definition) is 1. The van der Waals surface area contributed by atoms with Crippen molar-refractivity contribution in [1.29, 1.82) is 0 Å². The third kappa shape index (κ3) is 1.48. The van der Waals surface area contributed by atoms with Crippen molar-refractivity contribution in [2.45, 2.75) is 19.3 Å². The molecule has 0 unspecified atom stereocenters. The topological polar surface area (TPSA) is 35.2 Å². The van der Waals surface area contributed by atoms with Gasteiger partial charge in [-0.2, -0.15) is 0 Å². The van der Waals surface area contributed by atoms with Crippen molar-refractivity contribution in [2.24, 2.45) is 11.1 Å². The van der Waals surface area contributed by atoms with Crippen LogP contribution in [0.2, 0.25) is 0 Å². The predicted octanol–water partition coefficient (Wildman–Crippen LogP) is 1.94. The maximum Gasteiger partial charge on any atom is 0.0591 e. The molecule has 0 spiro atoms. The van der Waals surface area contributed by atoms with E-state index < -0.39 is 0 Å². The van der Waals surface area contributed by atoms with E-state index in [-0.39, 0.29) is 10.8 Å². The standard InChI is InChI=1S/C13H19NO/c1-12(2,8-14)13(9-15-10-13)11-6-4-3-5-7-11/h3-7H,8-10,14H2,1-2H3. The summed E-state index contributed by atoms with van der Waals surface area (Å²) in [5, 5.41) is 0. The molecule has 1 aromatic rings. The van der Waals surface area contributed by atoms with Crippen LogP contribution < -0.4 is 5.73 Å². The average molecular weight is 205 g/mol. The first-order valence-corrected chi connectivity index (χ1v) is 5.46. The SMILES string of the molecule is CC(C)(CN)C1(c2ccccc2)COC1. The Morgan fingerprint density at radius 3 is 2.27 bits per heavy atom. The van der Waals surface area contributed by atoms with Gasteiger partial charge in [-0.25, -0.2) is 0 Å². The molecule has 0 amide bonds. The van der Waals surface area contributed by atoms with Crippen LogP contribution >= 0.6 is 0 Å². The van der Waals surface area contributed by atoms with Crippen molar-refractivity contribution in [2.75, 3.05) is 19.8 Å². The van der Waals surface area contributed by atoms with Crippen LogP contribution in [-0.2, 0) is 10.2 Å². The van der Waals surface area contributed by atoms with Crippen LogP contribution in [0.5, 0.6) is 0 Å². The molecule has 2 heteroatoms. The van der Waals surface area contributed by atoms with Crippen molar-refractivity contribution in [1.82, 2.24) is 0 Å². The van der Waals surface area contributed by atoms with Gasteiger partial charge >= 0.3 is 0 Å². The molecule has 1 aliphatic heterocycles. The zero-order valence-electron chi connectivity index (χ0n) is 9.49. The van der Waals surface area contributed by atoms with Crippen molar-refractivity contribution in [3.8, 4) is 0 Å². The number of hydrogen-bond acceptors (Lipinski definition) is 2. The van der Waals surface area contributed by atoms with E-state index in [0.717, 1.165) is 13.2 Å². The molecule has 1 aliphatic rings. The molecule has 0 radical (unpaired) electrons. The van der Waals surface area contributed by atoms with E-state index in [9.17, 15) is 0 Å². The minimum Gasteiger partial charge on any atom is -0.379 e. The van der Waals surface area contributed by atoms with Crippen LogP contribution in [-0.4, -0.2) is 19.8 Å². The fourth-order valence-electron chi connectivity index (χ4n) is 2.21. The Bertz CT molecular complexity index is 328. The summed E-state index contributed by atoms with van der Waals surface area (Å²) in [6.45, 7) is 6.72. The molecular formula is C13H19NO. The quantitative estimate of drug-likeness (QED) is 0.818. The normalized spacial score (nSPS) is 19.7. The highest BCUT2D eigenvalue weighted by molar-refractivity contribution is 5.31. The highest BCUT2D eigenvalue weighted by atomic mass is 16.5. The summed E-state index contributed by atoms with van der Waals surface area (Å²) in [4.78, 5) is 0. The minimum absolute atomic E-state index is 0.0899.